The fourth-order valence-corrected chi connectivity index (χ4v) is 2.33. The Bertz CT molecular complexity index is 748. The molecular weight excluding hydrogens is 260 g/mol. The highest BCUT2D eigenvalue weighted by molar-refractivity contribution is 5.81. The van der Waals surface area contributed by atoms with Crippen LogP contribution in [0.3, 0.4) is 0 Å². The lowest BCUT2D eigenvalue weighted by Gasteiger charge is -2.11. The number of aromatic nitrogens is 1. The van der Waals surface area contributed by atoms with Crippen LogP contribution in [-0.4, -0.2) is 4.98 Å². The number of ether oxygens (including phenoxy) is 1. The zero-order valence-corrected chi connectivity index (χ0v) is 12.0. The van der Waals surface area contributed by atoms with Crippen LogP contribution < -0.4 is 10.5 Å². The van der Waals surface area contributed by atoms with Crippen LogP contribution in [0.1, 0.15) is 24.1 Å². The molecule has 0 aliphatic rings. The molecule has 0 amide bonds. The lowest BCUT2D eigenvalue weighted by Crippen LogP contribution is -2.05. The Hall–Kier alpha value is -2.39. The highest BCUT2D eigenvalue weighted by Gasteiger charge is 2.04. The highest BCUT2D eigenvalue weighted by atomic mass is 16.5. The first-order chi connectivity index (χ1) is 10.2. The lowest BCUT2D eigenvalue weighted by atomic mass is 10.1. The van der Waals surface area contributed by atoms with E-state index in [9.17, 15) is 0 Å². The molecule has 0 aliphatic carbocycles. The van der Waals surface area contributed by atoms with Crippen LogP contribution in [0.4, 0.5) is 0 Å². The number of nitrogens with zero attached hydrogens (tertiary/aromatic N) is 1. The van der Waals surface area contributed by atoms with Crippen molar-refractivity contribution >= 4 is 10.9 Å². The molecule has 21 heavy (non-hydrogen) atoms. The number of fused-ring (bicyclic) bond motifs is 1. The molecule has 1 atom stereocenters. The van der Waals surface area contributed by atoms with Gasteiger partial charge in [-0.3, -0.25) is 4.98 Å². The minimum atomic E-state index is 0.00720. The summed E-state index contributed by atoms with van der Waals surface area (Å²) in [4.78, 5) is 4.44. The highest BCUT2D eigenvalue weighted by Crippen LogP contribution is 2.21. The molecule has 1 aromatic heterocycles. The number of pyridine rings is 1. The fraction of sp³-hybridized carbons (Fsp3) is 0.167. The average molecular weight is 278 g/mol. The Kier molecular flexibility index (Phi) is 3.84. The van der Waals surface area contributed by atoms with Crippen molar-refractivity contribution in [1.29, 1.82) is 0 Å². The molecule has 0 radical (unpaired) electrons. The van der Waals surface area contributed by atoms with Gasteiger partial charge in [-0.15, -0.1) is 0 Å². The molecule has 3 nitrogen and oxygen atoms in total. The number of rotatable bonds is 4. The van der Waals surface area contributed by atoms with Crippen LogP contribution in [0.25, 0.3) is 10.9 Å². The molecule has 0 spiro atoms. The number of benzene rings is 2. The number of hydrogen-bond acceptors (Lipinski definition) is 3. The van der Waals surface area contributed by atoms with Gasteiger partial charge in [0, 0.05) is 23.2 Å². The van der Waals surface area contributed by atoms with Crippen molar-refractivity contribution in [3.8, 4) is 5.75 Å². The first-order valence-electron chi connectivity index (χ1n) is 7.05. The van der Waals surface area contributed by atoms with Gasteiger partial charge in [-0.2, -0.15) is 0 Å². The predicted octanol–water partition coefficient (Wildman–Crippen LogP) is 3.83. The summed E-state index contributed by atoms with van der Waals surface area (Å²) in [5, 5.41) is 1.13. The molecule has 0 unspecified atom stereocenters. The molecule has 106 valence electrons. The largest absolute Gasteiger partial charge is 0.489 e. The Morgan fingerprint density at radius 3 is 2.76 bits per heavy atom. The van der Waals surface area contributed by atoms with Gasteiger partial charge < -0.3 is 10.5 Å². The van der Waals surface area contributed by atoms with E-state index in [-0.39, 0.29) is 6.04 Å². The smallest absolute Gasteiger partial charge is 0.120 e. The molecule has 0 fully saturated rings. The maximum absolute atomic E-state index is 5.90. The second-order valence-electron chi connectivity index (χ2n) is 5.14. The van der Waals surface area contributed by atoms with Crippen molar-refractivity contribution in [2.75, 3.05) is 0 Å². The van der Waals surface area contributed by atoms with E-state index >= 15 is 0 Å². The summed E-state index contributed by atoms with van der Waals surface area (Å²) in [7, 11) is 0. The zero-order chi connectivity index (χ0) is 14.7. The van der Waals surface area contributed by atoms with Crippen molar-refractivity contribution in [3.05, 3.63) is 71.9 Å². The van der Waals surface area contributed by atoms with Crippen LogP contribution in [0.5, 0.6) is 5.75 Å². The second-order valence-corrected chi connectivity index (χ2v) is 5.14. The van der Waals surface area contributed by atoms with E-state index < -0.39 is 0 Å². The maximum atomic E-state index is 5.90. The summed E-state index contributed by atoms with van der Waals surface area (Å²) in [5.41, 5.74) is 9.04. The molecule has 0 saturated carbocycles. The maximum Gasteiger partial charge on any atom is 0.120 e. The molecular formula is C18H18N2O. The Labute approximate surface area is 124 Å². The molecule has 3 rings (SSSR count). The molecule has 2 N–H and O–H groups in total. The van der Waals surface area contributed by atoms with E-state index in [2.05, 4.69) is 17.1 Å². The quantitative estimate of drug-likeness (QED) is 0.789. The van der Waals surface area contributed by atoms with Gasteiger partial charge >= 0.3 is 0 Å². The Morgan fingerprint density at radius 1 is 1.10 bits per heavy atom. The second kappa shape index (κ2) is 5.94. The van der Waals surface area contributed by atoms with E-state index in [0.717, 1.165) is 27.8 Å². The van der Waals surface area contributed by atoms with Gasteiger partial charge in [0.05, 0.1) is 5.52 Å². The van der Waals surface area contributed by atoms with Crippen molar-refractivity contribution in [3.63, 3.8) is 0 Å². The standard InChI is InChI=1S/C18H18N2O/c1-13(19)15-6-3-9-17(11-15)21-12-16-7-2-5-14-8-4-10-20-18(14)16/h2-11,13H,12,19H2,1H3/t13-/m0/s1. The molecule has 3 heteroatoms. The molecule has 0 bridgehead atoms. The molecule has 0 saturated heterocycles. The normalized spacial score (nSPS) is 12.3. The first-order valence-corrected chi connectivity index (χ1v) is 7.05. The van der Waals surface area contributed by atoms with E-state index in [1.165, 1.54) is 0 Å². The van der Waals surface area contributed by atoms with Crippen molar-refractivity contribution in [2.24, 2.45) is 5.73 Å². The summed E-state index contributed by atoms with van der Waals surface area (Å²) in [6.45, 7) is 2.46. The predicted molar refractivity (Wildman–Crippen MR) is 85.1 cm³/mol. The zero-order valence-electron chi connectivity index (χ0n) is 12.0. The number of nitrogens with two attached hydrogens (primary N) is 1. The third-order valence-corrected chi connectivity index (χ3v) is 3.49. The van der Waals surface area contributed by atoms with Crippen LogP contribution in [-0.2, 0) is 6.61 Å². The van der Waals surface area contributed by atoms with E-state index in [4.69, 9.17) is 10.5 Å². The minimum Gasteiger partial charge on any atom is -0.489 e. The van der Waals surface area contributed by atoms with Gasteiger partial charge in [-0.1, -0.05) is 36.4 Å². The molecule has 3 aromatic rings. The summed E-state index contributed by atoms with van der Waals surface area (Å²) >= 11 is 0. The van der Waals surface area contributed by atoms with Crippen LogP contribution in [0.15, 0.2) is 60.8 Å². The van der Waals surface area contributed by atoms with Crippen LogP contribution >= 0.6 is 0 Å². The third-order valence-electron chi connectivity index (χ3n) is 3.49. The Balaban J connectivity index is 1.82. The topological polar surface area (TPSA) is 48.1 Å². The van der Waals surface area contributed by atoms with Gasteiger partial charge in [0.15, 0.2) is 0 Å². The van der Waals surface area contributed by atoms with E-state index in [1.807, 2.05) is 55.6 Å². The molecule has 2 aromatic carbocycles. The summed E-state index contributed by atoms with van der Waals surface area (Å²) < 4.78 is 5.90. The van der Waals surface area contributed by atoms with Crippen LogP contribution in [0, 0.1) is 0 Å². The van der Waals surface area contributed by atoms with Gasteiger partial charge in [0.25, 0.3) is 0 Å². The van der Waals surface area contributed by atoms with Gasteiger partial charge in [-0.05, 0) is 30.7 Å². The van der Waals surface area contributed by atoms with E-state index in [1.54, 1.807) is 0 Å². The van der Waals surface area contributed by atoms with Crippen molar-refractivity contribution in [2.45, 2.75) is 19.6 Å². The molecule has 0 aliphatic heterocycles. The SMILES string of the molecule is C[C@H](N)c1cccc(OCc2cccc3cccnc23)c1. The average Bonchev–Trinajstić information content (AvgIpc) is 2.53. The van der Waals surface area contributed by atoms with Crippen LogP contribution in [0.2, 0.25) is 0 Å². The van der Waals surface area contributed by atoms with E-state index in [0.29, 0.717) is 6.61 Å². The van der Waals surface area contributed by atoms with Gasteiger partial charge in [-0.25, -0.2) is 0 Å². The van der Waals surface area contributed by atoms with Gasteiger partial charge in [0.1, 0.15) is 12.4 Å². The Morgan fingerprint density at radius 2 is 1.90 bits per heavy atom. The summed E-state index contributed by atoms with van der Waals surface area (Å²) in [6.07, 6.45) is 1.81. The molecule has 1 heterocycles. The fourth-order valence-electron chi connectivity index (χ4n) is 2.33. The first kappa shape index (κ1) is 13.6. The minimum absolute atomic E-state index is 0.00720. The monoisotopic (exact) mass is 278 g/mol. The van der Waals surface area contributed by atoms with Gasteiger partial charge in [0.2, 0.25) is 0 Å². The number of hydrogen-bond donors (Lipinski definition) is 1. The van der Waals surface area contributed by atoms with Crippen molar-refractivity contribution < 1.29 is 4.74 Å². The lowest BCUT2D eigenvalue weighted by molar-refractivity contribution is 0.307. The number of para-hydroxylation sites is 1. The van der Waals surface area contributed by atoms with Crippen molar-refractivity contribution in [1.82, 2.24) is 4.98 Å². The summed E-state index contributed by atoms with van der Waals surface area (Å²) in [6, 6.07) is 18.1. The third kappa shape index (κ3) is 3.03. The summed E-state index contributed by atoms with van der Waals surface area (Å²) in [5.74, 6) is 0.831.